The van der Waals surface area contributed by atoms with Gasteiger partial charge in [-0.15, -0.1) is 0 Å². The summed E-state index contributed by atoms with van der Waals surface area (Å²) < 4.78 is 1.30. The average Bonchev–Trinajstić information content (AvgIpc) is 2.45. The van der Waals surface area contributed by atoms with E-state index in [9.17, 15) is 0 Å². The minimum absolute atomic E-state index is 0.527. The lowest BCUT2D eigenvalue weighted by molar-refractivity contribution is 0.378. The van der Waals surface area contributed by atoms with Gasteiger partial charge in [0.25, 0.3) is 0 Å². The lowest BCUT2D eigenvalue weighted by atomic mass is 9.92. The van der Waals surface area contributed by atoms with E-state index in [4.69, 9.17) is 0 Å². The Morgan fingerprint density at radius 2 is 2.20 bits per heavy atom. The maximum Gasteiger partial charge on any atom is 0.0352 e. The van der Waals surface area contributed by atoms with E-state index in [1.807, 2.05) is 0 Å². The Morgan fingerprint density at radius 3 is 2.80 bits per heavy atom. The molecule has 1 atom stereocenters. The number of halogens is 1. The zero-order chi connectivity index (χ0) is 10.9. The van der Waals surface area contributed by atoms with E-state index in [1.165, 1.54) is 28.5 Å². The van der Waals surface area contributed by atoms with Crippen LogP contribution in [0.15, 0.2) is 24.3 Å². The molecule has 0 heterocycles. The van der Waals surface area contributed by atoms with Crippen LogP contribution in [0.2, 0.25) is 0 Å². The van der Waals surface area contributed by atoms with Crippen LogP contribution in [-0.2, 0) is 0 Å². The molecular formula is C13H18IN. The van der Waals surface area contributed by atoms with E-state index >= 15 is 0 Å². The van der Waals surface area contributed by atoms with E-state index in [0.717, 1.165) is 0 Å². The first-order chi connectivity index (χ1) is 7.05. The van der Waals surface area contributed by atoms with Gasteiger partial charge in [-0.2, -0.15) is 0 Å². The molecule has 1 nitrogen and oxygen atoms in total. The highest BCUT2D eigenvalue weighted by atomic mass is 127. The van der Waals surface area contributed by atoms with Crippen LogP contribution in [0.25, 0.3) is 0 Å². The van der Waals surface area contributed by atoms with Crippen molar-refractivity contribution in [3.05, 3.63) is 27.8 Å². The van der Waals surface area contributed by atoms with Crippen LogP contribution in [0.4, 0.5) is 5.69 Å². The summed E-state index contributed by atoms with van der Waals surface area (Å²) in [5.74, 6) is 0. The van der Waals surface area contributed by atoms with Crippen LogP contribution < -0.4 is 5.32 Å². The molecule has 0 radical (unpaired) electrons. The molecule has 0 bridgehead atoms. The van der Waals surface area contributed by atoms with Crippen molar-refractivity contribution in [2.24, 2.45) is 5.41 Å². The van der Waals surface area contributed by atoms with Gasteiger partial charge in [0.2, 0.25) is 0 Å². The molecule has 2 heteroatoms. The first-order valence-electron chi connectivity index (χ1n) is 5.57. The van der Waals surface area contributed by atoms with Gasteiger partial charge in [0.05, 0.1) is 0 Å². The average molecular weight is 315 g/mol. The molecule has 0 amide bonds. The third-order valence-electron chi connectivity index (χ3n) is 3.16. The van der Waals surface area contributed by atoms with Gasteiger partial charge in [0.1, 0.15) is 0 Å². The topological polar surface area (TPSA) is 12.0 Å². The Kier molecular flexibility index (Phi) is 3.24. The Bertz CT molecular complexity index is 346. The molecule has 1 aliphatic rings. The summed E-state index contributed by atoms with van der Waals surface area (Å²) in [5.41, 5.74) is 1.80. The first kappa shape index (κ1) is 11.2. The van der Waals surface area contributed by atoms with Crippen LogP contribution in [0, 0.1) is 8.99 Å². The highest BCUT2D eigenvalue weighted by Crippen LogP contribution is 2.38. The quantitative estimate of drug-likeness (QED) is 0.803. The molecule has 0 saturated heterocycles. The maximum absolute atomic E-state index is 3.63. The molecular weight excluding hydrogens is 297 g/mol. The monoisotopic (exact) mass is 315 g/mol. The van der Waals surface area contributed by atoms with Gasteiger partial charge in [0.15, 0.2) is 0 Å². The van der Waals surface area contributed by atoms with Crippen molar-refractivity contribution in [3.8, 4) is 0 Å². The smallest absolute Gasteiger partial charge is 0.0352 e. The SMILES string of the molecule is CC1(C)CCC(Nc2cccc(I)c2)C1. The zero-order valence-electron chi connectivity index (χ0n) is 9.39. The molecule has 2 rings (SSSR count). The molecule has 1 aromatic rings. The van der Waals surface area contributed by atoms with Gasteiger partial charge in [-0.05, 0) is 65.5 Å². The lowest BCUT2D eigenvalue weighted by Gasteiger charge is -2.18. The summed E-state index contributed by atoms with van der Waals surface area (Å²) >= 11 is 2.36. The van der Waals surface area contributed by atoms with E-state index in [1.54, 1.807) is 0 Å². The third kappa shape index (κ3) is 3.10. The van der Waals surface area contributed by atoms with Gasteiger partial charge in [0, 0.05) is 15.3 Å². The van der Waals surface area contributed by atoms with E-state index in [-0.39, 0.29) is 0 Å². The molecule has 82 valence electrons. The lowest BCUT2D eigenvalue weighted by Crippen LogP contribution is -2.17. The minimum atomic E-state index is 0.527. The molecule has 1 saturated carbocycles. The predicted octanol–water partition coefficient (Wildman–Crippen LogP) is 4.28. The Morgan fingerprint density at radius 1 is 1.40 bits per heavy atom. The summed E-state index contributed by atoms with van der Waals surface area (Å²) in [4.78, 5) is 0. The highest BCUT2D eigenvalue weighted by molar-refractivity contribution is 14.1. The molecule has 0 aromatic heterocycles. The number of hydrogen-bond donors (Lipinski definition) is 1. The standard InChI is InChI=1S/C13H18IN/c1-13(2)7-6-12(9-13)15-11-5-3-4-10(14)8-11/h3-5,8,12,15H,6-7,9H2,1-2H3. The van der Waals surface area contributed by atoms with Gasteiger partial charge >= 0.3 is 0 Å². The van der Waals surface area contributed by atoms with Crippen molar-refractivity contribution in [2.75, 3.05) is 5.32 Å². The number of hydrogen-bond acceptors (Lipinski definition) is 1. The Hall–Kier alpha value is -0.250. The molecule has 0 aliphatic heterocycles. The molecule has 0 spiro atoms. The molecule has 1 fully saturated rings. The summed E-state index contributed by atoms with van der Waals surface area (Å²) in [7, 11) is 0. The van der Waals surface area contributed by atoms with Crippen LogP contribution in [0.1, 0.15) is 33.1 Å². The Labute approximate surface area is 106 Å². The van der Waals surface area contributed by atoms with Crippen molar-refractivity contribution in [2.45, 2.75) is 39.2 Å². The van der Waals surface area contributed by atoms with Crippen LogP contribution >= 0.6 is 22.6 Å². The van der Waals surface area contributed by atoms with Gasteiger partial charge in [-0.3, -0.25) is 0 Å². The summed E-state index contributed by atoms with van der Waals surface area (Å²) in [6.45, 7) is 4.73. The molecule has 1 unspecified atom stereocenters. The van der Waals surface area contributed by atoms with E-state index in [0.29, 0.717) is 11.5 Å². The largest absolute Gasteiger partial charge is 0.382 e. The third-order valence-corrected chi connectivity index (χ3v) is 3.83. The van der Waals surface area contributed by atoms with Gasteiger partial charge in [-0.1, -0.05) is 19.9 Å². The summed E-state index contributed by atoms with van der Waals surface area (Å²) in [6.07, 6.45) is 3.94. The normalized spacial score (nSPS) is 24.1. The molecule has 1 aromatic carbocycles. The second-order valence-corrected chi connectivity index (χ2v) is 6.50. The van der Waals surface area contributed by atoms with Gasteiger partial charge < -0.3 is 5.32 Å². The molecule has 1 N–H and O–H groups in total. The molecule has 15 heavy (non-hydrogen) atoms. The minimum Gasteiger partial charge on any atom is -0.382 e. The molecule has 1 aliphatic carbocycles. The Balaban J connectivity index is 1.99. The van der Waals surface area contributed by atoms with Crippen molar-refractivity contribution in [1.29, 1.82) is 0 Å². The van der Waals surface area contributed by atoms with Gasteiger partial charge in [-0.25, -0.2) is 0 Å². The fourth-order valence-electron chi connectivity index (χ4n) is 2.37. The van der Waals surface area contributed by atoms with Crippen LogP contribution in [-0.4, -0.2) is 6.04 Å². The second-order valence-electron chi connectivity index (χ2n) is 5.26. The number of nitrogens with one attached hydrogen (secondary N) is 1. The number of benzene rings is 1. The van der Waals surface area contributed by atoms with E-state index in [2.05, 4.69) is 66.0 Å². The first-order valence-corrected chi connectivity index (χ1v) is 6.65. The van der Waals surface area contributed by atoms with Crippen LogP contribution in [0.3, 0.4) is 0 Å². The predicted molar refractivity (Wildman–Crippen MR) is 74.2 cm³/mol. The summed E-state index contributed by atoms with van der Waals surface area (Å²) in [5, 5.41) is 3.63. The van der Waals surface area contributed by atoms with Crippen molar-refractivity contribution < 1.29 is 0 Å². The van der Waals surface area contributed by atoms with Crippen molar-refractivity contribution >= 4 is 28.3 Å². The van der Waals surface area contributed by atoms with E-state index < -0.39 is 0 Å². The van der Waals surface area contributed by atoms with Crippen molar-refractivity contribution in [3.63, 3.8) is 0 Å². The fourth-order valence-corrected chi connectivity index (χ4v) is 2.92. The number of anilines is 1. The fraction of sp³-hybridized carbons (Fsp3) is 0.538. The zero-order valence-corrected chi connectivity index (χ0v) is 11.5. The van der Waals surface area contributed by atoms with Crippen molar-refractivity contribution in [1.82, 2.24) is 0 Å². The maximum atomic E-state index is 3.63. The second kappa shape index (κ2) is 4.32. The van der Waals surface area contributed by atoms with Crippen LogP contribution in [0.5, 0.6) is 0 Å². The highest BCUT2D eigenvalue weighted by Gasteiger charge is 2.30. The number of rotatable bonds is 2. The summed E-state index contributed by atoms with van der Waals surface area (Å²) in [6, 6.07) is 9.28.